The molecule has 0 aliphatic carbocycles. The number of nitrogens with one attached hydrogen (secondary N) is 1. The number of morpholine rings is 1. The van der Waals surface area contributed by atoms with Crippen molar-refractivity contribution >= 4 is 28.8 Å². The molecule has 28 heavy (non-hydrogen) atoms. The van der Waals surface area contributed by atoms with Crippen LogP contribution in [0.2, 0.25) is 0 Å². The number of benzene rings is 1. The Hall–Kier alpha value is -2.19. The summed E-state index contributed by atoms with van der Waals surface area (Å²) in [4.78, 5) is 13.6. The van der Waals surface area contributed by atoms with Gasteiger partial charge in [-0.15, -0.1) is 0 Å². The summed E-state index contributed by atoms with van der Waals surface area (Å²) in [6.07, 6.45) is 2.55. The number of halogens is 1. The van der Waals surface area contributed by atoms with Crippen LogP contribution in [0.5, 0.6) is 0 Å². The predicted octanol–water partition coefficient (Wildman–Crippen LogP) is 3.23. The van der Waals surface area contributed by atoms with E-state index < -0.39 is 5.82 Å². The van der Waals surface area contributed by atoms with E-state index in [1.54, 1.807) is 6.07 Å². The van der Waals surface area contributed by atoms with Gasteiger partial charge in [-0.3, -0.25) is 4.79 Å². The number of aldehydes is 1. The Morgan fingerprint density at radius 3 is 2.68 bits per heavy atom. The van der Waals surface area contributed by atoms with Crippen LogP contribution >= 0.6 is 0 Å². The second-order valence-electron chi connectivity index (χ2n) is 7.75. The number of hydrogen-bond acceptors (Lipinski definition) is 7. The summed E-state index contributed by atoms with van der Waals surface area (Å²) in [6, 6.07) is 1.66. The van der Waals surface area contributed by atoms with Gasteiger partial charge in [-0.1, -0.05) is 5.16 Å². The SMILES string of the molecule is C[C@@H]1CN(c2c(C=O)cc3c(NCC4CCOCC4)noc3c2F)C[C@H](C)O1. The number of fused-ring (bicyclic) bond motifs is 1. The summed E-state index contributed by atoms with van der Waals surface area (Å²) in [7, 11) is 0. The quantitative estimate of drug-likeness (QED) is 0.784. The highest BCUT2D eigenvalue weighted by molar-refractivity contribution is 5.98. The third-order valence-corrected chi connectivity index (χ3v) is 5.47. The van der Waals surface area contributed by atoms with Crippen LogP contribution < -0.4 is 10.2 Å². The summed E-state index contributed by atoms with van der Waals surface area (Å²) in [5, 5.41) is 7.76. The topological polar surface area (TPSA) is 76.8 Å². The van der Waals surface area contributed by atoms with Crippen molar-refractivity contribution in [3.8, 4) is 0 Å². The lowest BCUT2D eigenvalue weighted by Crippen LogP contribution is -2.46. The molecule has 8 heteroatoms. The normalized spacial score (nSPS) is 23.9. The van der Waals surface area contributed by atoms with Gasteiger partial charge in [-0.25, -0.2) is 4.39 Å². The van der Waals surface area contributed by atoms with Crippen LogP contribution in [0.3, 0.4) is 0 Å². The molecule has 1 aromatic carbocycles. The summed E-state index contributed by atoms with van der Waals surface area (Å²) in [5.41, 5.74) is 0.627. The second kappa shape index (κ2) is 8.05. The molecule has 0 amide bonds. The number of anilines is 2. The zero-order chi connectivity index (χ0) is 19.7. The first kappa shape index (κ1) is 19.1. The monoisotopic (exact) mass is 391 g/mol. The average Bonchev–Trinajstić information content (AvgIpc) is 3.09. The Bertz CT molecular complexity index is 840. The predicted molar refractivity (Wildman–Crippen MR) is 104 cm³/mol. The number of rotatable bonds is 5. The molecule has 0 saturated carbocycles. The lowest BCUT2D eigenvalue weighted by atomic mass is 10.0. The van der Waals surface area contributed by atoms with E-state index in [0.29, 0.717) is 48.6 Å². The molecule has 4 rings (SSSR count). The van der Waals surface area contributed by atoms with Gasteiger partial charge in [0.05, 0.1) is 23.3 Å². The number of ether oxygens (including phenoxy) is 2. The second-order valence-corrected chi connectivity index (χ2v) is 7.75. The van der Waals surface area contributed by atoms with Gasteiger partial charge in [0.2, 0.25) is 5.58 Å². The van der Waals surface area contributed by atoms with Crippen LogP contribution in [0.25, 0.3) is 11.0 Å². The Morgan fingerprint density at radius 1 is 1.29 bits per heavy atom. The standard InChI is InChI=1S/C20H26FN3O4/c1-12-9-24(10-13(2)27-12)18-15(11-25)7-16-19(17(18)21)28-23-20(16)22-8-14-3-5-26-6-4-14/h7,11-14H,3-6,8-10H2,1-2H3,(H,22,23)/t12-,13+. The molecule has 0 bridgehead atoms. The Kier molecular flexibility index (Phi) is 5.50. The van der Waals surface area contributed by atoms with Crippen LogP contribution in [0, 0.1) is 11.7 Å². The lowest BCUT2D eigenvalue weighted by molar-refractivity contribution is -0.00543. The minimum absolute atomic E-state index is 0.0511. The zero-order valence-electron chi connectivity index (χ0n) is 16.2. The molecule has 2 aliphatic heterocycles. The molecule has 2 aliphatic rings. The van der Waals surface area contributed by atoms with Crippen molar-refractivity contribution in [3.63, 3.8) is 0 Å². The molecule has 2 atom stereocenters. The van der Waals surface area contributed by atoms with E-state index >= 15 is 4.39 Å². The third-order valence-electron chi connectivity index (χ3n) is 5.47. The summed E-state index contributed by atoms with van der Waals surface area (Å²) in [6.45, 7) is 7.13. The van der Waals surface area contributed by atoms with E-state index in [1.807, 2.05) is 18.7 Å². The maximum atomic E-state index is 15.3. The summed E-state index contributed by atoms with van der Waals surface area (Å²) >= 11 is 0. The number of carbonyl (C=O) groups excluding carboxylic acids is 1. The molecule has 3 heterocycles. The smallest absolute Gasteiger partial charge is 0.206 e. The summed E-state index contributed by atoms with van der Waals surface area (Å²) in [5.74, 6) is 0.401. The van der Waals surface area contributed by atoms with E-state index in [9.17, 15) is 4.79 Å². The molecule has 1 N–H and O–H groups in total. The number of carbonyl (C=O) groups is 1. The Morgan fingerprint density at radius 2 is 2.00 bits per heavy atom. The highest BCUT2D eigenvalue weighted by Gasteiger charge is 2.29. The molecule has 2 fully saturated rings. The van der Waals surface area contributed by atoms with Crippen LogP contribution in [-0.2, 0) is 9.47 Å². The van der Waals surface area contributed by atoms with Crippen LogP contribution in [-0.4, -0.2) is 56.5 Å². The molecule has 0 spiro atoms. The molecule has 152 valence electrons. The number of aromatic nitrogens is 1. The van der Waals surface area contributed by atoms with Crippen molar-refractivity contribution in [2.45, 2.75) is 38.9 Å². The van der Waals surface area contributed by atoms with Gasteiger partial charge in [-0.2, -0.15) is 0 Å². The summed E-state index contributed by atoms with van der Waals surface area (Å²) < 4.78 is 31.8. The van der Waals surface area contributed by atoms with E-state index in [4.69, 9.17) is 14.0 Å². The first-order valence-electron chi connectivity index (χ1n) is 9.86. The van der Waals surface area contributed by atoms with Crippen LogP contribution in [0.1, 0.15) is 37.0 Å². The molecule has 2 aromatic rings. The van der Waals surface area contributed by atoms with Gasteiger partial charge >= 0.3 is 0 Å². The van der Waals surface area contributed by atoms with Crippen LogP contribution in [0.4, 0.5) is 15.9 Å². The zero-order valence-corrected chi connectivity index (χ0v) is 16.2. The Labute approximate surface area is 163 Å². The van der Waals surface area contributed by atoms with Crippen molar-refractivity contribution in [3.05, 3.63) is 17.4 Å². The highest BCUT2D eigenvalue weighted by Crippen LogP contribution is 2.35. The fraction of sp³-hybridized carbons (Fsp3) is 0.600. The van der Waals surface area contributed by atoms with E-state index in [2.05, 4.69) is 10.5 Å². The van der Waals surface area contributed by atoms with Crippen molar-refractivity contribution in [2.24, 2.45) is 5.92 Å². The minimum atomic E-state index is -0.549. The van der Waals surface area contributed by atoms with Crippen molar-refractivity contribution in [2.75, 3.05) is 43.1 Å². The van der Waals surface area contributed by atoms with Crippen molar-refractivity contribution in [1.82, 2.24) is 5.16 Å². The fourth-order valence-corrected chi connectivity index (χ4v) is 4.14. The molecule has 1 aromatic heterocycles. The van der Waals surface area contributed by atoms with Crippen LogP contribution in [0.15, 0.2) is 10.6 Å². The molecular weight excluding hydrogens is 365 g/mol. The minimum Gasteiger partial charge on any atom is -0.381 e. The maximum Gasteiger partial charge on any atom is 0.206 e. The van der Waals surface area contributed by atoms with E-state index in [0.717, 1.165) is 26.1 Å². The number of nitrogens with zero attached hydrogens (tertiary/aromatic N) is 2. The van der Waals surface area contributed by atoms with Crippen molar-refractivity contribution in [1.29, 1.82) is 0 Å². The Balaban J connectivity index is 1.63. The largest absolute Gasteiger partial charge is 0.381 e. The van der Waals surface area contributed by atoms with Gasteiger partial charge in [0.15, 0.2) is 17.9 Å². The van der Waals surface area contributed by atoms with Gasteiger partial charge in [0.1, 0.15) is 0 Å². The van der Waals surface area contributed by atoms with Gasteiger partial charge in [-0.05, 0) is 38.7 Å². The molecule has 0 unspecified atom stereocenters. The average molecular weight is 391 g/mol. The molecule has 0 radical (unpaired) electrons. The first-order valence-corrected chi connectivity index (χ1v) is 9.86. The first-order chi connectivity index (χ1) is 13.6. The van der Waals surface area contributed by atoms with E-state index in [1.165, 1.54) is 0 Å². The molecular formula is C20H26FN3O4. The lowest BCUT2D eigenvalue weighted by Gasteiger charge is -2.37. The molecule has 7 nitrogen and oxygen atoms in total. The highest BCUT2D eigenvalue weighted by atomic mass is 19.1. The van der Waals surface area contributed by atoms with Gasteiger partial charge in [0.25, 0.3) is 0 Å². The van der Waals surface area contributed by atoms with Gasteiger partial charge < -0.3 is 24.2 Å². The maximum absolute atomic E-state index is 15.3. The fourth-order valence-electron chi connectivity index (χ4n) is 4.14. The van der Waals surface area contributed by atoms with E-state index in [-0.39, 0.29) is 23.5 Å². The van der Waals surface area contributed by atoms with Gasteiger partial charge in [0, 0.05) is 38.4 Å². The molecule has 2 saturated heterocycles. The third kappa shape index (κ3) is 3.71. The number of hydrogen-bond donors (Lipinski definition) is 1. The van der Waals surface area contributed by atoms with Crippen molar-refractivity contribution < 1.29 is 23.2 Å².